The van der Waals surface area contributed by atoms with Crippen molar-refractivity contribution in [3.8, 4) is 5.75 Å². The van der Waals surface area contributed by atoms with Crippen molar-refractivity contribution in [2.24, 2.45) is 0 Å². The van der Waals surface area contributed by atoms with Gasteiger partial charge in [0, 0.05) is 6.07 Å². The number of benzene rings is 1. The molecule has 0 amide bonds. The van der Waals surface area contributed by atoms with Gasteiger partial charge in [0.2, 0.25) is 0 Å². The molecule has 0 unspecified atom stereocenters. The highest BCUT2D eigenvalue weighted by molar-refractivity contribution is 5.90. The van der Waals surface area contributed by atoms with Crippen LogP contribution in [0.3, 0.4) is 0 Å². The van der Waals surface area contributed by atoms with E-state index < -0.39 is 11.6 Å². The molecule has 0 aliphatic heterocycles. The number of aryl methyl sites for hydroxylation is 1. The minimum absolute atomic E-state index is 0.0157. The van der Waals surface area contributed by atoms with E-state index in [9.17, 15) is 14.7 Å². The fourth-order valence-corrected chi connectivity index (χ4v) is 2.00. The van der Waals surface area contributed by atoms with Crippen molar-refractivity contribution < 1.29 is 19.1 Å². The lowest BCUT2D eigenvalue weighted by Gasteiger charge is -2.07. The van der Waals surface area contributed by atoms with Gasteiger partial charge in [-0.25, -0.2) is 4.79 Å². The molecule has 19 heavy (non-hydrogen) atoms. The SMILES string of the molecule is CCOC(=O)Cc1cc(=O)oc2cc(C)cc(O)c12. The van der Waals surface area contributed by atoms with Crippen LogP contribution in [0.15, 0.2) is 27.4 Å². The highest BCUT2D eigenvalue weighted by Crippen LogP contribution is 2.28. The Bertz CT molecular complexity index is 684. The van der Waals surface area contributed by atoms with Crippen LogP contribution in [0.5, 0.6) is 5.75 Å². The van der Waals surface area contributed by atoms with Gasteiger partial charge in [0.25, 0.3) is 0 Å². The molecule has 0 fully saturated rings. The molecule has 1 heterocycles. The number of esters is 1. The van der Waals surface area contributed by atoms with Gasteiger partial charge >= 0.3 is 11.6 Å². The maximum absolute atomic E-state index is 11.5. The molecule has 0 saturated heterocycles. The van der Waals surface area contributed by atoms with Crippen molar-refractivity contribution in [3.63, 3.8) is 0 Å². The summed E-state index contributed by atoms with van der Waals surface area (Å²) >= 11 is 0. The molecule has 2 aromatic rings. The van der Waals surface area contributed by atoms with Crippen molar-refractivity contribution in [2.75, 3.05) is 6.61 Å². The third-order valence-corrected chi connectivity index (χ3v) is 2.69. The summed E-state index contributed by atoms with van der Waals surface area (Å²) in [4.78, 5) is 23.0. The van der Waals surface area contributed by atoms with Crippen LogP contribution in [-0.4, -0.2) is 17.7 Å². The van der Waals surface area contributed by atoms with E-state index >= 15 is 0 Å². The van der Waals surface area contributed by atoms with Gasteiger partial charge in [0.05, 0.1) is 18.4 Å². The molecule has 0 bridgehead atoms. The van der Waals surface area contributed by atoms with Crippen molar-refractivity contribution in [1.82, 2.24) is 0 Å². The Hall–Kier alpha value is -2.30. The van der Waals surface area contributed by atoms with Crippen LogP contribution in [0.2, 0.25) is 0 Å². The Morgan fingerprint density at radius 2 is 2.11 bits per heavy atom. The van der Waals surface area contributed by atoms with Gasteiger partial charge in [0.15, 0.2) is 0 Å². The first kappa shape index (κ1) is 13.1. The zero-order valence-electron chi connectivity index (χ0n) is 10.7. The standard InChI is InChI=1S/C14H14O5/c1-3-18-12(16)6-9-7-13(17)19-11-5-8(2)4-10(15)14(9)11/h4-5,7,15H,3,6H2,1-2H3. The molecule has 0 aliphatic carbocycles. The van der Waals surface area contributed by atoms with Gasteiger partial charge in [-0.2, -0.15) is 0 Å². The monoisotopic (exact) mass is 262 g/mol. The summed E-state index contributed by atoms with van der Waals surface area (Å²) < 4.78 is 9.88. The van der Waals surface area contributed by atoms with Gasteiger partial charge in [-0.05, 0) is 37.1 Å². The molecule has 5 heteroatoms. The third-order valence-electron chi connectivity index (χ3n) is 2.69. The van der Waals surface area contributed by atoms with E-state index in [1.54, 1.807) is 26.0 Å². The first-order valence-corrected chi connectivity index (χ1v) is 5.93. The van der Waals surface area contributed by atoms with Crippen molar-refractivity contribution in [2.45, 2.75) is 20.3 Å². The molecular weight excluding hydrogens is 248 g/mol. The largest absolute Gasteiger partial charge is 0.507 e. The predicted octanol–water partition coefficient (Wildman–Crippen LogP) is 1.91. The summed E-state index contributed by atoms with van der Waals surface area (Å²) in [6, 6.07) is 4.40. The molecule has 1 aromatic heterocycles. The second-order valence-electron chi connectivity index (χ2n) is 4.23. The molecule has 0 radical (unpaired) electrons. The van der Waals surface area contributed by atoms with E-state index in [-0.39, 0.29) is 24.4 Å². The lowest BCUT2D eigenvalue weighted by Crippen LogP contribution is -2.10. The molecule has 1 N–H and O–H groups in total. The minimum Gasteiger partial charge on any atom is -0.507 e. The van der Waals surface area contributed by atoms with E-state index in [4.69, 9.17) is 9.15 Å². The van der Waals surface area contributed by atoms with Crippen molar-refractivity contribution >= 4 is 16.9 Å². The average Bonchev–Trinajstić information content (AvgIpc) is 2.26. The summed E-state index contributed by atoms with van der Waals surface area (Å²) in [6.45, 7) is 3.75. The van der Waals surface area contributed by atoms with Crippen LogP contribution in [0.1, 0.15) is 18.1 Å². The zero-order chi connectivity index (χ0) is 14.0. The quantitative estimate of drug-likeness (QED) is 0.675. The smallest absolute Gasteiger partial charge is 0.336 e. The molecule has 2 rings (SSSR count). The second kappa shape index (κ2) is 5.14. The van der Waals surface area contributed by atoms with E-state index in [0.717, 1.165) is 5.56 Å². The second-order valence-corrected chi connectivity index (χ2v) is 4.23. The summed E-state index contributed by atoms with van der Waals surface area (Å²) in [5.41, 5.74) is 0.879. The lowest BCUT2D eigenvalue weighted by molar-refractivity contribution is -0.142. The number of aromatic hydroxyl groups is 1. The topological polar surface area (TPSA) is 76.7 Å². The number of hydrogen-bond donors (Lipinski definition) is 1. The lowest BCUT2D eigenvalue weighted by atomic mass is 10.0. The Balaban J connectivity index is 2.59. The number of rotatable bonds is 3. The summed E-state index contributed by atoms with van der Waals surface area (Å²) in [5.74, 6) is -0.465. The molecule has 0 atom stereocenters. The molecular formula is C14H14O5. The highest BCUT2D eigenvalue weighted by Gasteiger charge is 2.14. The number of fused-ring (bicyclic) bond motifs is 1. The highest BCUT2D eigenvalue weighted by atomic mass is 16.5. The van der Waals surface area contributed by atoms with Crippen LogP contribution in [0.25, 0.3) is 11.0 Å². The summed E-state index contributed by atoms with van der Waals surface area (Å²) in [5, 5.41) is 10.3. The van der Waals surface area contributed by atoms with Gasteiger partial charge in [0.1, 0.15) is 11.3 Å². The number of hydrogen-bond acceptors (Lipinski definition) is 5. The first-order chi connectivity index (χ1) is 9.01. The summed E-state index contributed by atoms with van der Waals surface area (Å²) in [7, 11) is 0. The van der Waals surface area contributed by atoms with E-state index in [1.165, 1.54) is 6.07 Å². The van der Waals surface area contributed by atoms with Crippen molar-refractivity contribution in [3.05, 3.63) is 39.7 Å². The number of carbonyl (C=O) groups is 1. The average molecular weight is 262 g/mol. The Morgan fingerprint density at radius 1 is 1.37 bits per heavy atom. The number of carbonyl (C=O) groups excluding carboxylic acids is 1. The van der Waals surface area contributed by atoms with Gasteiger partial charge in [-0.3, -0.25) is 4.79 Å². The maximum Gasteiger partial charge on any atom is 0.336 e. The van der Waals surface area contributed by atoms with E-state index in [2.05, 4.69) is 0 Å². The Labute approximate surface area is 109 Å². The third kappa shape index (κ3) is 2.76. The zero-order valence-corrected chi connectivity index (χ0v) is 10.7. The molecule has 5 nitrogen and oxygen atoms in total. The number of ether oxygens (including phenoxy) is 1. The Kier molecular flexibility index (Phi) is 3.55. The van der Waals surface area contributed by atoms with Crippen LogP contribution >= 0.6 is 0 Å². The molecule has 0 spiro atoms. The Morgan fingerprint density at radius 3 is 2.79 bits per heavy atom. The van der Waals surface area contributed by atoms with Crippen LogP contribution < -0.4 is 5.63 Å². The van der Waals surface area contributed by atoms with Crippen molar-refractivity contribution in [1.29, 1.82) is 0 Å². The van der Waals surface area contributed by atoms with Gasteiger partial charge in [-0.15, -0.1) is 0 Å². The predicted molar refractivity (Wildman–Crippen MR) is 69.2 cm³/mol. The molecule has 0 aliphatic rings. The van der Waals surface area contributed by atoms with Crippen LogP contribution in [0.4, 0.5) is 0 Å². The minimum atomic E-state index is -0.559. The van der Waals surface area contributed by atoms with E-state index in [1.807, 2.05) is 0 Å². The number of phenolic OH excluding ortho intramolecular Hbond substituents is 1. The van der Waals surface area contributed by atoms with Crippen LogP contribution in [0, 0.1) is 6.92 Å². The normalized spacial score (nSPS) is 10.6. The van der Waals surface area contributed by atoms with E-state index in [0.29, 0.717) is 10.9 Å². The fourth-order valence-electron chi connectivity index (χ4n) is 2.00. The number of phenols is 1. The van der Waals surface area contributed by atoms with Gasteiger partial charge in [-0.1, -0.05) is 0 Å². The molecule has 1 aromatic carbocycles. The molecule has 100 valence electrons. The fraction of sp³-hybridized carbons (Fsp3) is 0.286. The maximum atomic E-state index is 11.5. The van der Waals surface area contributed by atoms with Gasteiger partial charge < -0.3 is 14.3 Å². The summed E-state index contributed by atoms with van der Waals surface area (Å²) in [6.07, 6.45) is -0.0768. The first-order valence-electron chi connectivity index (χ1n) is 5.93. The van der Waals surface area contributed by atoms with Crippen LogP contribution in [-0.2, 0) is 16.0 Å². The molecule has 0 saturated carbocycles.